The van der Waals surface area contributed by atoms with Crippen LogP contribution in [0.1, 0.15) is 42.5 Å². The van der Waals surface area contributed by atoms with Gasteiger partial charge in [-0.15, -0.1) is 0 Å². The third-order valence-corrected chi connectivity index (χ3v) is 11.6. The van der Waals surface area contributed by atoms with Crippen LogP contribution in [-0.4, -0.2) is 214 Å². The molecular weight excluding hydrogens is 907 g/mol. The van der Waals surface area contributed by atoms with E-state index in [9.17, 15) is 67.7 Å². The predicted octanol–water partition coefficient (Wildman–Crippen LogP) is -0.542. The van der Waals surface area contributed by atoms with Crippen molar-refractivity contribution >= 4 is 64.0 Å². The molecule has 0 spiro atoms. The maximum absolute atomic E-state index is 13.8. The molecule has 3 fully saturated rings. The molecule has 3 aliphatic heterocycles. The number of carbonyl (C=O) groups is 8. The van der Waals surface area contributed by atoms with E-state index in [-0.39, 0.29) is 139 Å². The Bertz CT molecular complexity index is 2130. The number of fused-ring (bicyclic) bond motifs is 1. The summed E-state index contributed by atoms with van der Waals surface area (Å²) < 4.78 is 27.7. The number of hydrogen-bond acceptors (Lipinski definition) is 13. The van der Waals surface area contributed by atoms with E-state index in [0.717, 1.165) is 4.90 Å². The molecule has 0 saturated carbocycles. The van der Waals surface area contributed by atoms with E-state index in [1.54, 1.807) is 48.8 Å². The van der Waals surface area contributed by atoms with E-state index in [2.05, 4.69) is 10.3 Å². The van der Waals surface area contributed by atoms with Gasteiger partial charge in [0.2, 0.25) is 23.6 Å². The summed E-state index contributed by atoms with van der Waals surface area (Å²) in [6.45, 7) is 0.0807. The molecule has 24 heteroatoms. The molecule has 1 radical (unpaired) electrons. The number of halogens is 2. The second kappa shape index (κ2) is 23.4. The van der Waals surface area contributed by atoms with Crippen molar-refractivity contribution in [1.82, 2.24) is 39.7 Å². The van der Waals surface area contributed by atoms with Crippen molar-refractivity contribution in [3.05, 3.63) is 36.0 Å². The second-order valence-electron chi connectivity index (χ2n) is 16.0. The van der Waals surface area contributed by atoms with Crippen molar-refractivity contribution in [1.29, 1.82) is 5.26 Å². The van der Waals surface area contributed by atoms with Crippen LogP contribution in [-0.2, 0) is 50.6 Å². The minimum atomic E-state index is -3.21. The molecular formula is C41H52CuF2N10O11. The van der Waals surface area contributed by atoms with Crippen LogP contribution in [0.4, 0.5) is 14.5 Å². The van der Waals surface area contributed by atoms with Crippen LogP contribution in [0.25, 0.3) is 10.9 Å². The van der Waals surface area contributed by atoms with Crippen LogP contribution in [0.2, 0.25) is 0 Å². The van der Waals surface area contributed by atoms with Crippen LogP contribution >= 0.6 is 0 Å². The number of nitrogens with one attached hydrogen (secondary N) is 1. The first kappa shape index (κ1) is 51.8. The van der Waals surface area contributed by atoms with Gasteiger partial charge in [-0.25, -0.2) is 8.78 Å². The van der Waals surface area contributed by atoms with Crippen LogP contribution in [0.5, 0.6) is 0 Å². The molecule has 1 aromatic carbocycles. The molecule has 3 aliphatic rings. The number of nitriles is 1. The Morgan fingerprint density at radius 1 is 0.831 bits per heavy atom. The molecule has 3 saturated heterocycles. The molecule has 2 atom stereocenters. The van der Waals surface area contributed by atoms with Crippen LogP contribution in [0, 0.1) is 11.3 Å². The average molecular weight is 960 g/mol. The van der Waals surface area contributed by atoms with E-state index in [1.165, 1.54) is 24.2 Å². The third kappa shape index (κ3) is 14.3. The number of anilines is 1. The van der Waals surface area contributed by atoms with Crippen molar-refractivity contribution in [3.63, 3.8) is 0 Å². The van der Waals surface area contributed by atoms with Crippen molar-refractivity contribution in [2.45, 2.75) is 50.1 Å². The minimum Gasteiger partial charge on any atom is -0.480 e. The number of aromatic nitrogens is 1. The first-order chi connectivity index (χ1) is 30.3. The van der Waals surface area contributed by atoms with Gasteiger partial charge >= 0.3 is 17.9 Å². The molecule has 4 N–H and O–H groups in total. The number of amides is 5. The van der Waals surface area contributed by atoms with Crippen LogP contribution in [0.15, 0.2) is 30.5 Å². The molecule has 357 valence electrons. The van der Waals surface area contributed by atoms with E-state index in [1.807, 2.05) is 0 Å². The SMILES string of the molecule is CN(C(=O)CCC(=O)N1CCN(C(=O)CC[C@H](C(=O)O)N2CCN(CC(=O)O)CCN(CC(=O)O)CC2)CC1)c1ccc2nccc(C(=O)NCC(=O)N3CC(F)(F)C[C@H]3C#N)c2c1.[61Cu]. The first-order valence-electron chi connectivity index (χ1n) is 20.8. The predicted molar refractivity (Wildman–Crippen MR) is 221 cm³/mol. The third-order valence-electron chi connectivity index (χ3n) is 11.6. The Balaban J connectivity index is 0.00000925. The average Bonchev–Trinajstić information content (AvgIpc) is 3.63. The normalized spacial score (nSPS) is 18.9. The fourth-order valence-electron chi connectivity index (χ4n) is 8.03. The fraction of sp³-hybridized carbons (Fsp3) is 0.561. The van der Waals surface area contributed by atoms with E-state index >= 15 is 0 Å². The van der Waals surface area contributed by atoms with Crippen molar-refractivity contribution in [3.8, 4) is 6.07 Å². The minimum absolute atomic E-state index is 0. The quantitative estimate of drug-likeness (QED) is 0.154. The molecule has 0 unspecified atom stereocenters. The molecule has 21 nitrogen and oxygen atoms in total. The molecule has 1 aromatic heterocycles. The van der Waals surface area contributed by atoms with Gasteiger partial charge in [-0.3, -0.25) is 58.0 Å². The number of carbonyl (C=O) groups excluding carboxylic acids is 5. The smallest absolute Gasteiger partial charge is 0.320 e. The number of benzene rings is 1. The number of rotatable bonds is 16. The summed E-state index contributed by atoms with van der Waals surface area (Å²) in [6.07, 6.45) is 0.140. The number of carboxylic acids is 3. The second-order valence-corrected chi connectivity index (χ2v) is 16.0. The van der Waals surface area contributed by atoms with E-state index in [0.29, 0.717) is 16.6 Å². The topological polar surface area (TPSA) is 269 Å². The van der Waals surface area contributed by atoms with Gasteiger partial charge in [-0.1, -0.05) is 0 Å². The number of carboxylic acid groups (broad SMARTS) is 3. The summed E-state index contributed by atoms with van der Waals surface area (Å²) in [5.41, 5.74) is 0.861. The van der Waals surface area contributed by atoms with Gasteiger partial charge in [0.1, 0.15) is 12.1 Å². The largest absolute Gasteiger partial charge is 0.480 e. The molecule has 2 aromatic rings. The monoisotopic (exact) mass is 959 g/mol. The zero-order valence-corrected chi connectivity index (χ0v) is 36.6. The maximum Gasteiger partial charge on any atom is 0.320 e. The Labute approximate surface area is 383 Å². The zero-order chi connectivity index (χ0) is 46.7. The molecule has 4 heterocycles. The summed E-state index contributed by atoms with van der Waals surface area (Å²) in [7, 11) is 1.50. The number of nitrogens with zero attached hydrogens (tertiary/aromatic N) is 9. The molecule has 5 rings (SSSR count). The number of piperazine rings is 1. The Morgan fingerprint density at radius 3 is 1.95 bits per heavy atom. The first-order valence-corrected chi connectivity index (χ1v) is 20.8. The Hall–Kier alpha value is -5.86. The van der Waals surface area contributed by atoms with Gasteiger partial charge in [0.25, 0.3) is 11.8 Å². The zero-order valence-electron chi connectivity index (χ0n) is 35.7. The number of pyridine rings is 1. The van der Waals surface area contributed by atoms with Crippen LogP contribution in [0.3, 0.4) is 0 Å². The maximum atomic E-state index is 13.8. The molecule has 5 amide bonds. The van der Waals surface area contributed by atoms with Crippen LogP contribution < -0.4 is 10.2 Å². The summed E-state index contributed by atoms with van der Waals surface area (Å²) in [4.78, 5) is 115. The van der Waals surface area contributed by atoms with Crippen molar-refractivity contribution < 1.29 is 79.5 Å². The number of alkyl halides is 2. The summed E-state index contributed by atoms with van der Waals surface area (Å²) in [5.74, 6) is -9.08. The Kier molecular flexibility index (Phi) is 18.6. The molecule has 0 aliphatic carbocycles. The van der Waals surface area contributed by atoms with Gasteiger partial charge in [0.05, 0.1) is 43.3 Å². The summed E-state index contributed by atoms with van der Waals surface area (Å²) in [6, 6.07) is 5.41. The fourth-order valence-corrected chi connectivity index (χ4v) is 8.03. The summed E-state index contributed by atoms with van der Waals surface area (Å²) in [5, 5.41) is 40.8. The van der Waals surface area contributed by atoms with Gasteiger partial charge in [0.15, 0.2) is 0 Å². The van der Waals surface area contributed by atoms with Gasteiger partial charge in [-0.2, -0.15) is 5.26 Å². The number of likely N-dealkylation sites (tertiary alicyclic amines) is 1. The van der Waals surface area contributed by atoms with E-state index in [4.69, 9.17) is 0 Å². The van der Waals surface area contributed by atoms with Gasteiger partial charge in [-0.05, 0) is 30.7 Å². The van der Waals surface area contributed by atoms with Gasteiger partial charge < -0.3 is 40.2 Å². The standard InChI is InChI=1S/C41H52F2N10O11.Cu/c1-47(27-2-3-31-30(20-27)29(8-9-45-31)39(62)46-23-36(57)53-26-41(42,43)21-28(53)22-44)33(54)6-7-35(56)52-18-16-51(17-19-52)34(55)5-4-32(40(63)64)50-14-12-48(24-37(58)59)10-11-49(13-15-50)25-38(60)61;/h2-3,8-9,20,28,32H,4-7,10-19,21,23-26H2,1H3,(H,46,62)(H,58,59)(H,60,61)(H,63,64);/t28-,32+;/m0./s1/i;1-3. The Morgan fingerprint density at radius 2 is 1.40 bits per heavy atom. The van der Waals surface area contributed by atoms with Crippen molar-refractivity contribution in [2.24, 2.45) is 0 Å². The van der Waals surface area contributed by atoms with E-state index < -0.39 is 73.1 Å². The number of hydrogen-bond donors (Lipinski definition) is 4. The van der Waals surface area contributed by atoms with Gasteiger partial charge in [0, 0.05) is 133 Å². The number of aliphatic carboxylic acids is 3. The molecule has 65 heavy (non-hydrogen) atoms. The summed E-state index contributed by atoms with van der Waals surface area (Å²) >= 11 is 0. The molecule has 0 bridgehead atoms. The van der Waals surface area contributed by atoms with Crippen molar-refractivity contribution in [2.75, 3.05) is 104 Å².